The minimum Gasteiger partial charge on any atom is -0.490 e. The lowest BCUT2D eigenvalue weighted by atomic mass is 10.2. The normalized spacial score (nSPS) is 18.6. The highest BCUT2D eigenvalue weighted by atomic mass is 32.2. The van der Waals surface area contributed by atoms with Crippen LogP contribution in [0, 0.1) is 0 Å². The minimum atomic E-state index is -0.817. The van der Waals surface area contributed by atoms with Crippen LogP contribution in [0.4, 0.5) is 0 Å². The van der Waals surface area contributed by atoms with Gasteiger partial charge in [0, 0.05) is 5.75 Å². The molecule has 0 aliphatic carbocycles. The minimum absolute atomic E-state index is 0.0420. The summed E-state index contributed by atoms with van der Waals surface area (Å²) in [4.78, 5) is 11.1. The van der Waals surface area contributed by atoms with Gasteiger partial charge in [0.2, 0.25) is 0 Å². The van der Waals surface area contributed by atoms with Crippen molar-refractivity contribution in [2.75, 3.05) is 19.0 Å². The maximum Gasteiger partial charge on any atom is 0.321 e. The van der Waals surface area contributed by atoms with Crippen molar-refractivity contribution in [3.05, 3.63) is 53.6 Å². The zero-order chi connectivity index (χ0) is 19.9. The van der Waals surface area contributed by atoms with Gasteiger partial charge in [0.25, 0.3) is 0 Å². The number of hydrogen-bond acceptors (Lipinski definition) is 6. The van der Waals surface area contributed by atoms with Crippen LogP contribution in [0.15, 0.2) is 42.5 Å². The van der Waals surface area contributed by atoms with E-state index in [1.54, 1.807) is 11.8 Å². The fraction of sp³-hybridized carbons (Fsp3) is 0.381. The standard InChI is InChI=1S/C21H25NO5S/c1-3-25-18-9-8-14(10-19(18)26-4-2)12-27-16-7-5-6-15(11-16)20-22-17(13-28-20)21(23)24/h5-11,17,20,22H,3-4,12-13H2,1-2H3,(H,23,24)/t17-,20+/m0/s1. The smallest absolute Gasteiger partial charge is 0.321 e. The first-order valence-corrected chi connectivity index (χ1v) is 10.4. The zero-order valence-electron chi connectivity index (χ0n) is 16.0. The molecule has 1 fully saturated rings. The van der Waals surface area contributed by atoms with Gasteiger partial charge in [-0.1, -0.05) is 18.2 Å². The quantitative estimate of drug-likeness (QED) is 0.658. The number of nitrogens with one attached hydrogen (secondary N) is 1. The van der Waals surface area contributed by atoms with Crippen molar-refractivity contribution in [3.63, 3.8) is 0 Å². The molecule has 6 nitrogen and oxygen atoms in total. The number of carboxylic acid groups (broad SMARTS) is 1. The van der Waals surface area contributed by atoms with Gasteiger partial charge >= 0.3 is 5.97 Å². The van der Waals surface area contributed by atoms with Gasteiger partial charge in [0.1, 0.15) is 18.4 Å². The highest BCUT2D eigenvalue weighted by Gasteiger charge is 2.30. The maximum atomic E-state index is 11.1. The van der Waals surface area contributed by atoms with Crippen molar-refractivity contribution in [1.82, 2.24) is 5.32 Å². The van der Waals surface area contributed by atoms with Crippen molar-refractivity contribution in [2.45, 2.75) is 31.9 Å². The number of aliphatic carboxylic acids is 1. The largest absolute Gasteiger partial charge is 0.490 e. The molecule has 1 heterocycles. The lowest BCUT2D eigenvalue weighted by molar-refractivity contribution is -0.138. The van der Waals surface area contributed by atoms with E-state index in [4.69, 9.17) is 19.3 Å². The number of carboxylic acids is 1. The van der Waals surface area contributed by atoms with Crippen LogP contribution in [-0.4, -0.2) is 36.1 Å². The van der Waals surface area contributed by atoms with Gasteiger partial charge in [-0.3, -0.25) is 10.1 Å². The summed E-state index contributed by atoms with van der Waals surface area (Å²) >= 11 is 1.59. The Morgan fingerprint density at radius 1 is 1.11 bits per heavy atom. The van der Waals surface area contributed by atoms with E-state index in [-0.39, 0.29) is 5.37 Å². The summed E-state index contributed by atoms with van der Waals surface area (Å²) in [5.41, 5.74) is 1.99. The summed E-state index contributed by atoms with van der Waals surface area (Å²) in [5, 5.41) is 12.2. The second-order valence-electron chi connectivity index (χ2n) is 6.28. The van der Waals surface area contributed by atoms with E-state index in [9.17, 15) is 4.79 Å². The predicted octanol–water partition coefficient (Wildman–Crippen LogP) is 3.85. The number of benzene rings is 2. The summed E-state index contributed by atoms with van der Waals surface area (Å²) in [6.45, 7) is 5.43. The Kier molecular flexibility index (Phi) is 7.06. The molecule has 0 saturated carbocycles. The van der Waals surface area contributed by atoms with Gasteiger partial charge in [-0.15, -0.1) is 11.8 Å². The number of rotatable bonds is 9. The third-order valence-electron chi connectivity index (χ3n) is 4.25. The predicted molar refractivity (Wildman–Crippen MR) is 109 cm³/mol. The summed E-state index contributed by atoms with van der Waals surface area (Å²) < 4.78 is 17.2. The van der Waals surface area contributed by atoms with Crippen molar-refractivity contribution in [1.29, 1.82) is 0 Å². The molecule has 0 amide bonds. The summed E-state index contributed by atoms with van der Waals surface area (Å²) in [6, 6.07) is 13.0. The first kappa shape index (κ1) is 20.4. The van der Waals surface area contributed by atoms with Crippen LogP contribution in [-0.2, 0) is 11.4 Å². The molecule has 2 aromatic rings. The lowest BCUT2D eigenvalue weighted by Gasteiger charge is -2.15. The molecule has 0 radical (unpaired) electrons. The van der Waals surface area contributed by atoms with Crippen LogP contribution in [0.3, 0.4) is 0 Å². The first-order valence-electron chi connectivity index (χ1n) is 9.32. The van der Waals surface area contributed by atoms with E-state index in [0.29, 0.717) is 31.3 Å². The van der Waals surface area contributed by atoms with Crippen LogP contribution in [0.5, 0.6) is 17.2 Å². The Labute approximate surface area is 169 Å². The third-order valence-corrected chi connectivity index (χ3v) is 5.52. The van der Waals surface area contributed by atoms with Crippen LogP contribution < -0.4 is 19.5 Å². The number of carbonyl (C=O) groups is 1. The molecule has 2 N–H and O–H groups in total. The van der Waals surface area contributed by atoms with Crippen LogP contribution in [0.1, 0.15) is 30.3 Å². The molecule has 7 heteroatoms. The number of ether oxygens (including phenoxy) is 3. The fourth-order valence-electron chi connectivity index (χ4n) is 2.93. The highest BCUT2D eigenvalue weighted by Crippen LogP contribution is 2.34. The summed E-state index contributed by atoms with van der Waals surface area (Å²) in [6.07, 6.45) is 0. The molecule has 0 spiro atoms. The molecule has 1 aliphatic rings. The lowest BCUT2D eigenvalue weighted by Crippen LogP contribution is -2.33. The van der Waals surface area contributed by atoms with E-state index in [2.05, 4.69) is 5.32 Å². The van der Waals surface area contributed by atoms with Gasteiger partial charge < -0.3 is 19.3 Å². The SMILES string of the molecule is CCOc1ccc(COc2cccc([C@@H]3N[C@H](C(=O)O)CS3)c2)cc1OCC. The second-order valence-corrected chi connectivity index (χ2v) is 7.42. The van der Waals surface area contributed by atoms with Gasteiger partial charge in [-0.2, -0.15) is 0 Å². The van der Waals surface area contributed by atoms with E-state index in [1.807, 2.05) is 56.3 Å². The van der Waals surface area contributed by atoms with E-state index in [1.165, 1.54) is 0 Å². The van der Waals surface area contributed by atoms with Crippen molar-refractivity contribution < 1.29 is 24.1 Å². The average molecular weight is 404 g/mol. The molecule has 0 aromatic heterocycles. The molecular weight excluding hydrogens is 378 g/mol. The number of thioether (sulfide) groups is 1. The maximum absolute atomic E-state index is 11.1. The molecular formula is C21H25NO5S. The van der Waals surface area contributed by atoms with E-state index >= 15 is 0 Å². The van der Waals surface area contributed by atoms with Gasteiger partial charge in [-0.25, -0.2) is 0 Å². The summed E-state index contributed by atoms with van der Waals surface area (Å²) in [7, 11) is 0. The van der Waals surface area contributed by atoms with Crippen molar-refractivity contribution in [3.8, 4) is 17.2 Å². The molecule has 1 saturated heterocycles. The molecule has 2 atom stereocenters. The number of hydrogen-bond donors (Lipinski definition) is 2. The topological polar surface area (TPSA) is 77.0 Å². The van der Waals surface area contributed by atoms with Gasteiger partial charge in [0.05, 0.1) is 18.6 Å². The van der Waals surface area contributed by atoms with E-state index < -0.39 is 12.0 Å². The zero-order valence-corrected chi connectivity index (χ0v) is 16.8. The molecule has 3 rings (SSSR count). The second kappa shape index (κ2) is 9.71. The fourth-order valence-corrected chi connectivity index (χ4v) is 4.15. The Bertz CT molecular complexity index is 813. The summed E-state index contributed by atoms with van der Waals surface area (Å²) in [5.74, 6) is 1.92. The van der Waals surface area contributed by atoms with Crippen LogP contribution >= 0.6 is 11.8 Å². The Morgan fingerprint density at radius 3 is 2.61 bits per heavy atom. The average Bonchev–Trinajstić information content (AvgIpc) is 3.19. The monoisotopic (exact) mass is 403 g/mol. The van der Waals surface area contributed by atoms with Crippen molar-refractivity contribution in [2.24, 2.45) is 0 Å². The van der Waals surface area contributed by atoms with Crippen LogP contribution in [0.25, 0.3) is 0 Å². The first-order chi connectivity index (χ1) is 13.6. The highest BCUT2D eigenvalue weighted by molar-refractivity contribution is 7.99. The van der Waals surface area contributed by atoms with E-state index in [0.717, 1.165) is 22.6 Å². The van der Waals surface area contributed by atoms with Crippen LogP contribution in [0.2, 0.25) is 0 Å². The molecule has 0 unspecified atom stereocenters. The van der Waals surface area contributed by atoms with Crippen molar-refractivity contribution >= 4 is 17.7 Å². The molecule has 28 heavy (non-hydrogen) atoms. The molecule has 150 valence electrons. The Hall–Kier alpha value is -2.38. The van der Waals surface area contributed by atoms with Gasteiger partial charge in [-0.05, 0) is 49.2 Å². The third kappa shape index (κ3) is 5.11. The molecule has 2 aromatic carbocycles. The van der Waals surface area contributed by atoms with Gasteiger partial charge in [0.15, 0.2) is 11.5 Å². The Balaban J connectivity index is 1.65. The molecule has 1 aliphatic heterocycles. The Morgan fingerprint density at radius 2 is 1.89 bits per heavy atom. The molecule has 0 bridgehead atoms.